The van der Waals surface area contributed by atoms with Gasteiger partial charge in [-0.2, -0.15) is 0 Å². The van der Waals surface area contributed by atoms with Crippen molar-refractivity contribution in [2.75, 3.05) is 7.11 Å². The number of hydrogen-bond acceptors (Lipinski definition) is 2. The number of nitrogens with zero attached hydrogens (tertiary/aromatic N) is 1. The molecule has 3 heteroatoms. The second-order valence-electron chi connectivity index (χ2n) is 6.28. The molecule has 1 atom stereocenters. The van der Waals surface area contributed by atoms with Crippen LogP contribution in [0.3, 0.4) is 0 Å². The first-order valence-electron chi connectivity index (χ1n) is 7.98. The number of ether oxygens (including phenoxy) is 1. The molecule has 1 aliphatic carbocycles. The topological polar surface area (TPSA) is 31.2 Å². The largest absolute Gasteiger partial charge is 0.469 e. The van der Waals surface area contributed by atoms with Gasteiger partial charge in [0.2, 0.25) is 0 Å². The average Bonchev–Trinajstić information content (AvgIpc) is 2.94. The smallest absolute Gasteiger partial charge is 0.308 e. The summed E-state index contributed by atoms with van der Waals surface area (Å²) in [6.07, 6.45) is 7.08. The van der Waals surface area contributed by atoms with E-state index in [1.807, 2.05) is 0 Å². The first-order chi connectivity index (χ1) is 10.6. The Labute approximate surface area is 131 Å². The van der Waals surface area contributed by atoms with Gasteiger partial charge in [-0.05, 0) is 44.7 Å². The number of carbonyl (C=O) groups is 1. The van der Waals surface area contributed by atoms with Crippen molar-refractivity contribution in [3.05, 3.63) is 42.1 Å². The van der Waals surface area contributed by atoms with Gasteiger partial charge < -0.3 is 9.30 Å². The zero-order valence-corrected chi connectivity index (χ0v) is 13.5. The Kier molecular flexibility index (Phi) is 4.06. The third kappa shape index (κ3) is 2.56. The molecule has 0 saturated heterocycles. The van der Waals surface area contributed by atoms with E-state index in [-0.39, 0.29) is 11.9 Å². The van der Waals surface area contributed by atoms with Gasteiger partial charge in [-0.15, -0.1) is 0 Å². The fourth-order valence-corrected chi connectivity index (χ4v) is 3.35. The Morgan fingerprint density at radius 2 is 2.09 bits per heavy atom. The van der Waals surface area contributed by atoms with Gasteiger partial charge in [0.15, 0.2) is 0 Å². The molecule has 3 nitrogen and oxygen atoms in total. The molecule has 2 aromatic rings. The number of methoxy groups -OCH3 is 1. The fraction of sp³-hybridized carbons (Fsp3) is 0.421. The van der Waals surface area contributed by atoms with Crippen LogP contribution in [-0.4, -0.2) is 17.6 Å². The van der Waals surface area contributed by atoms with Crippen molar-refractivity contribution in [2.45, 2.75) is 39.2 Å². The molecule has 3 rings (SSSR count). The van der Waals surface area contributed by atoms with Crippen molar-refractivity contribution >= 4 is 22.4 Å². The average molecular weight is 297 g/mol. The molecule has 116 valence electrons. The summed E-state index contributed by atoms with van der Waals surface area (Å²) in [5, 5.41) is 1.30. The van der Waals surface area contributed by atoms with E-state index in [2.05, 4.69) is 55.0 Å². The van der Waals surface area contributed by atoms with E-state index in [1.54, 1.807) is 0 Å². The summed E-state index contributed by atoms with van der Waals surface area (Å²) in [4.78, 5) is 11.7. The fourth-order valence-electron chi connectivity index (χ4n) is 3.35. The summed E-state index contributed by atoms with van der Waals surface area (Å²) in [6.45, 7) is 4.41. The second kappa shape index (κ2) is 5.99. The molecule has 0 bridgehead atoms. The Morgan fingerprint density at radius 3 is 2.73 bits per heavy atom. The summed E-state index contributed by atoms with van der Waals surface area (Å²) in [5.41, 5.74) is 3.95. The summed E-state index contributed by atoms with van der Waals surface area (Å²) in [6, 6.07) is 8.99. The molecule has 0 spiro atoms. The van der Waals surface area contributed by atoms with E-state index in [4.69, 9.17) is 4.74 Å². The number of allylic oxidation sites excluding steroid dienone is 2. The summed E-state index contributed by atoms with van der Waals surface area (Å²) >= 11 is 0. The number of benzene rings is 1. The maximum Gasteiger partial charge on any atom is 0.308 e. The van der Waals surface area contributed by atoms with E-state index >= 15 is 0 Å². The van der Waals surface area contributed by atoms with Crippen LogP contribution in [0.25, 0.3) is 16.5 Å². The highest BCUT2D eigenvalue weighted by molar-refractivity contribution is 5.93. The standard InChI is InChI=1S/C19H23NO2/c1-13(2)20-12-17(16-6-4-5-7-18(16)20)14-8-10-15(11-9-14)19(21)22-3/h4-8,12-13,15H,9-11H2,1-3H3. The molecule has 0 aliphatic heterocycles. The number of hydrogen-bond donors (Lipinski definition) is 0. The van der Waals surface area contributed by atoms with Crippen LogP contribution in [0.2, 0.25) is 0 Å². The summed E-state index contributed by atoms with van der Waals surface area (Å²) < 4.78 is 7.20. The number of aromatic nitrogens is 1. The van der Waals surface area contributed by atoms with Gasteiger partial charge in [-0.3, -0.25) is 4.79 Å². The van der Waals surface area contributed by atoms with E-state index in [0.29, 0.717) is 6.04 Å². The minimum Gasteiger partial charge on any atom is -0.469 e. The number of para-hydroxylation sites is 1. The van der Waals surface area contributed by atoms with E-state index < -0.39 is 0 Å². The number of rotatable bonds is 3. The highest BCUT2D eigenvalue weighted by Gasteiger charge is 2.24. The van der Waals surface area contributed by atoms with Crippen molar-refractivity contribution in [3.63, 3.8) is 0 Å². The Hall–Kier alpha value is -2.03. The minimum atomic E-state index is -0.0834. The molecule has 1 heterocycles. The number of carbonyl (C=O) groups excluding carboxylic acids is 1. The molecule has 0 radical (unpaired) electrons. The van der Waals surface area contributed by atoms with Crippen LogP contribution in [0.15, 0.2) is 36.5 Å². The Morgan fingerprint density at radius 1 is 1.32 bits per heavy atom. The number of fused-ring (bicyclic) bond motifs is 1. The first-order valence-corrected chi connectivity index (χ1v) is 7.98. The van der Waals surface area contributed by atoms with Crippen LogP contribution in [0.4, 0.5) is 0 Å². The van der Waals surface area contributed by atoms with Crippen LogP contribution in [0.1, 0.15) is 44.7 Å². The zero-order valence-electron chi connectivity index (χ0n) is 13.5. The van der Waals surface area contributed by atoms with Gasteiger partial charge in [-0.25, -0.2) is 0 Å². The molecule has 0 N–H and O–H groups in total. The van der Waals surface area contributed by atoms with E-state index in [9.17, 15) is 4.79 Å². The lowest BCUT2D eigenvalue weighted by Crippen LogP contribution is -2.18. The highest BCUT2D eigenvalue weighted by atomic mass is 16.5. The maximum absolute atomic E-state index is 11.7. The molecular formula is C19H23NO2. The van der Waals surface area contributed by atoms with E-state index in [0.717, 1.165) is 19.3 Å². The lowest BCUT2D eigenvalue weighted by atomic mass is 9.86. The minimum absolute atomic E-state index is 0.0206. The second-order valence-corrected chi connectivity index (χ2v) is 6.28. The van der Waals surface area contributed by atoms with E-state index in [1.165, 1.54) is 29.1 Å². The third-order valence-electron chi connectivity index (χ3n) is 4.59. The Bertz CT molecular complexity index is 724. The van der Waals surface area contributed by atoms with Crippen LogP contribution in [0.5, 0.6) is 0 Å². The summed E-state index contributed by atoms with van der Waals surface area (Å²) in [5.74, 6) is -0.0629. The normalized spacial score (nSPS) is 18.5. The van der Waals surface area contributed by atoms with Gasteiger partial charge in [-0.1, -0.05) is 24.3 Å². The molecular weight excluding hydrogens is 274 g/mol. The molecule has 1 aromatic heterocycles. The molecule has 1 aliphatic rings. The van der Waals surface area contributed by atoms with Crippen molar-refractivity contribution in [3.8, 4) is 0 Å². The SMILES string of the molecule is COC(=O)C1CC=C(c2cn(C(C)C)c3ccccc23)CC1. The van der Waals surface area contributed by atoms with Crippen LogP contribution >= 0.6 is 0 Å². The molecule has 1 aromatic carbocycles. The van der Waals surface area contributed by atoms with Gasteiger partial charge >= 0.3 is 5.97 Å². The van der Waals surface area contributed by atoms with Crippen molar-refractivity contribution in [2.24, 2.45) is 5.92 Å². The lowest BCUT2D eigenvalue weighted by Gasteiger charge is -2.19. The zero-order chi connectivity index (χ0) is 15.7. The molecule has 1 unspecified atom stereocenters. The quantitative estimate of drug-likeness (QED) is 0.777. The van der Waals surface area contributed by atoms with Gasteiger partial charge in [0.05, 0.1) is 13.0 Å². The highest BCUT2D eigenvalue weighted by Crippen LogP contribution is 2.36. The predicted molar refractivity (Wildman–Crippen MR) is 89.7 cm³/mol. The maximum atomic E-state index is 11.7. The Balaban J connectivity index is 1.98. The third-order valence-corrected chi connectivity index (χ3v) is 4.59. The van der Waals surface area contributed by atoms with Gasteiger partial charge in [0.25, 0.3) is 0 Å². The van der Waals surface area contributed by atoms with Crippen molar-refractivity contribution < 1.29 is 9.53 Å². The first kappa shape index (κ1) is 14.9. The molecule has 0 amide bonds. The number of esters is 1. The van der Waals surface area contributed by atoms with Crippen molar-refractivity contribution in [1.82, 2.24) is 4.57 Å². The predicted octanol–water partition coefficient (Wildman–Crippen LogP) is 4.58. The van der Waals surface area contributed by atoms with Crippen LogP contribution in [-0.2, 0) is 9.53 Å². The molecule has 22 heavy (non-hydrogen) atoms. The van der Waals surface area contributed by atoms with Gasteiger partial charge in [0.1, 0.15) is 0 Å². The lowest BCUT2D eigenvalue weighted by molar-refractivity contribution is -0.145. The molecule has 0 saturated carbocycles. The summed E-state index contributed by atoms with van der Waals surface area (Å²) in [7, 11) is 1.47. The van der Waals surface area contributed by atoms with Crippen LogP contribution < -0.4 is 0 Å². The van der Waals surface area contributed by atoms with Crippen molar-refractivity contribution in [1.29, 1.82) is 0 Å². The molecule has 0 fully saturated rings. The van der Waals surface area contributed by atoms with Crippen LogP contribution in [0, 0.1) is 5.92 Å². The van der Waals surface area contributed by atoms with Gasteiger partial charge in [0, 0.05) is 28.7 Å². The monoisotopic (exact) mass is 297 g/mol.